The van der Waals surface area contributed by atoms with E-state index in [9.17, 15) is 26.9 Å². The zero-order valence-corrected chi connectivity index (χ0v) is 19.4. The Labute approximate surface area is 205 Å². The molecule has 12 nitrogen and oxygen atoms in total. The lowest BCUT2D eigenvalue weighted by Crippen LogP contribution is -2.43. The van der Waals surface area contributed by atoms with Crippen LogP contribution in [-0.4, -0.2) is 66.0 Å². The first-order chi connectivity index (χ1) is 17.4. The third-order valence-electron chi connectivity index (χ3n) is 5.62. The van der Waals surface area contributed by atoms with E-state index in [1.807, 2.05) is 0 Å². The molecule has 196 valence electrons. The van der Waals surface area contributed by atoms with Crippen LogP contribution in [0.3, 0.4) is 0 Å². The Morgan fingerprint density at radius 1 is 1.19 bits per heavy atom. The van der Waals surface area contributed by atoms with Gasteiger partial charge >= 0.3 is 20.1 Å². The number of phosphoric ester groups is 1. The molecule has 2 aliphatic rings. The molecular formula is C20H17F4N6O6P. The molecule has 2 atom stereocenters. The number of pyridine rings is 1. The summed E-state index contributed by atoms with van der Waals surface area (Å²) in [6.45, 7) is -0.785. The Balaban J connectivity index is 1.33. The molecule has 1 aliphatic heterocycles. The molecule has 5 rings (SSSR count). The van der Waals surface area contributed by atoms with Crippen molar-refractivity contribution < 1.29 is 46.0 Å². The number of cyclic esters (lactones) is 1. The van der Waals surface area contributed by atoms with Crippen LogP contribution in [0.5, 0.6) is 0 Å². The van der Waals surface area contributed by atoms with Gasteiger partial charge in [0, 0.05) is 17.3 Å². The predicted molar refractivity (Wildman–Crippen MR) is 115 cm³/mol. The molecule has 0 bridgehead atoms. The number of benzene rings is 1. The van der Waals surface area contributed by atoms with Gasteiger partial charge in [0.15, 0.2) is 6.10 Å². The SMILES string of the molecule is O=C1O[C@H](C(OP(=O)(O)O)C(F)(F)F)CN1c1ccc(-c2ccc(-c3nnn(C4CC4)n3)nc2)c(F)c1. The van der Waals surface area contributed by atoms with Crippen molar-refractivity contribution in [3.63, 3.8) is 0 Å². The second-order valence-electron chi connectivity index (χ2n) is 8.35. The van der Waals surface area contributed by atoms with Crippen LogP contribution in [-0.2, 0) is 13.8 Å². The number of alkyl halides is 3. The summed E-state index contributed by atoms with van der Waals surface area (Å²) in [6, 6.07) is 6.91. The number of nitrogens with zero attached hydrogens (tertiary/aromatic N) is 6. The number of halogens is 4. The summed E-state index contributed by atoms with van der Waals surface area (Å²) in [7, 11) is -5.56. The maximum absolute atomic E-state index is 15.0. The monoisotopic (exact) mass is 544 g/mol. The Hall–Kier alpha value is -3.46. The van der Waals surface area contributed by atoms with Crippen molar-refractivity contribution in [2.24, 2.45) is 0 Å². The van der Waals surface area contributed by atoms with Gasteiger partial charge in [-0.25, -0.2) is 13.8 Å². The van der Waals surface area contributed by atoms with Gasteiger partial charge in [0.1, 0.15) is 11.5 Å². The van der Waals surface area contributed by atoms with Gasteiger partial charge in [0.05, 0.1) is 18.3 Å². The minimum absolute atomic E-state index is 0.0968. The fraction of sp³-hybridized carbons (Fsp3) is 0.350. The summed E-state index contributed by atoms with van der Waals surface area (Å²) < 4.78 is 74.2. The molecule has 1 aliphatic carbocycles. The van der Waals surface area contributed by atoms with E-state index in [1.165, 1.54) is 23.1 Å². The number of amides is 1. The van der Waals surface area contributed by atoms with Crippen molar-refractivity contribution in [1.82, 2.24) is 25.2 Å². The van der Waals surface area contributed by atoms with E-state index in [2.05, 4.69) is 29.7 Å². The molecule has 1 saturated carbocycles. The van der Waals surface area contributed by atoms with Gasteiger partial charge < -0.3 is 14.5 Å². The Morgan fingerprint density at radius 2 is 1.95 bits per heavy atom. The second kappa shape index (κ2) is 9.13. The first-order valence-corrected chi connectivity index (χ1v) is 12.3. The van der Waals surface area contributed by atoms with Crippen LogP contribution in [0.25, 0.3) is 22.6 Å². The normalized spacial score (nSPS) is 19.2. The van der Waals surface area contributed by atoms with E-state index in [0.717, 1.165) is 18.9 Å². The number of hydrogen-bond acceptors (Lipinski definition) is 8. The van der Waals surface area contributed by atoms with Crippen molar-refractivity contribution in [2.45, 2.75) is 37.3 Å². The average molecular weight is 544 g/mol. The van der Waals surface area contributed by atoms with Crippen LogP contribution in [0.15, 0.2) is 36.5 Å². The number of phosphoric acid groups is 1. The fourth-order valence-electron chi connectivity index (χ4n) is 3.72. The highest BCUT2D eigenvalue weighted by Gasteiger charge is 2.54. The van der Waals surface area contributed by atoms with E-state index >= 15 is 0 Å². The van der Waals surface area contributed by atoms with Crippen LogP contribution in [0.2, 0.25) is 0 Å². The Morgan fingerprint density at radius 3 is 2.54 bits per heavy atom. The van der Waals surface area contributed by atoms with E-state index < -0.39 is 44.7 Å². The van der Waals surface area contributed by atoms with Gasteiger partial charge in [-0.2, -0.15) is 18.0 Å². The molecule has 2 fully saturated rings. The quantitative estimate of drug-likeness (QED) is 0.335. The highest BCUT2D eigenvalue weighted by molar-refractivity contribution is 7.46. The summed E-state index contributed by atoms with van der Waals surface area (Å²) in [5.41, 5.74) is 0.766. The van der Waals surface area contributed by atoms with Crippen LogP contribution in [0.4, 0.5) is 28.0 Å². The number of aromatic nitrogens is 5. The molecule has 1 unspecified atom stereocenters. The first kappa shape index (κ1) is 25.2. The molecule has 0 radical (unpaired) electrons. The summed E-state index contributed by atoms with van der Waals surface area (Å²) in [5, 5.41) is 12.2. The zero-order chi connectivity index (χ0) is 26.5. The number of anilines is 1. The lowest BCUT2D eigenvalue weighted by molar-refractivity contribution is -0.219. The zero-order valence-electron chi connectivity index (χ0n) is 18.5. The summed E-state index contributed by atoms with van der Waals surface area (Å²) in [5.74, 6) is -0.490. The minimum Gasteiger partial charge on any atom is -0.441 e. The Bertz CT molecular complexity index is 1380. The largest absolute Gasteiger partial charge is 0.470 e. The smallest absolute Gasteiger partial charge is 0.441 e. The van der Waals surface area contributed by atoms with Crippen molar-refractivity contribution in [3.05, 3.63) is 42.3 Å². The Kier molecular flexibility index (Phi) is 6.22. The lowest BCUT2D eigenvalue weighted by atomic mass is 10.1. The van der Waals surface area contributed by atoms with Gasteiger partial charge in [-0.1, -0.05) is 6.07 Å². The third kappa shape index (κ3) is 5.46. The first-order valence-electron chi connectivity index (χ1n) is 10.7. The van der Waals surface area contributed by atoms with Crippen molar-refractivity contribution in [1.29, 1.82) is 0 Å². The van der Waals surface area contributed by atoms with Gasteiger partial charge in [-0.15, -0.1) is 10.2 Å². The maximum atomic E-state index is 15.0. The van der Waals surface area contributed by atoms with E-state index in [1.54, 1.807) is 12.1 Å². The van der Waals surface area contributed by atoms with Crippen LogP contribution >= 0.6 is 7.82 Å². The topological polar surface area (TPSA) is 153 Å². The van der Waals surface area contributed by atoms with E-state index in [4.69, 9.17) is 9.79 Å². The highest BCUT2D eigenvalue weighted by atomic mass is 31.2. The van der Waals surface area contributed by atoms with E-state index in [0.29, 0.717) is 22.0 Å². The molecule has 1 aromatic carbocycles. The van der Waals surface area contributed by atoms with Crippen LogP contribution in [0.1, 0.15) is 18.9 Å². The molecule has 1 saturated heterocycles. The number of carbonyl (C=O) groups is 1. The molecule has 2 aromatic heterocycles. The van der Waals surface area contributed by atoms with Gasteiger partial charge in [0.25, 0.3) is 0 Å². The lowest BCUT2D eigenvalue weighted by Gasteiger charge is -2.24. The number of hydrogen-bond donors (Lipinski definition) is 2. The van der Waals surface area contributed by atoms with Crippen LogP contribution in [0, 0.1) is 5.82 Å². The van der Waals surface area contributed by atoms with E-state index in [-0.39, 0.29) is 17.3 Å². The predicted octanol–water partition coefficient (Wildman–Crippen LogP) is 3.24. The maximum Gasteiger partial charge on any atom is 0.470 e. The molecule has 17 heteroatoms. The molecule has 0 spiro atoms. The van der Waals surface area contributed by atoms with Crippen LogP contribution < -0.4 is 4.90 Å². The molecular weight excluding hydrogens is 527 g/mol. The summed E-state index contributed by atoms with van der Waals surface area (Å²) >= 11 is 0. The summed E-state index contributed by atoms with van der Waals surface area (Å²) in [6.07, 6.45) is -8.34. The molecule has 37 heavy (non-hydrogen) atoms. The standard InChI is InChI=1S/C20H17F4N6O6P/c21-14-7-12(29-9-16(35-19(29)31)17(20(22,23)24)36-37(32,33)34)4-5-13(14)10-1-6-15(25-8-10)18-26-28-30(27-18)11-2-3-11/h1,4-8,11,16-17H,2-3,9H2,(H2,32,33,34)/t16-,17?/m0/s1. The molecule has 3 heterocycles. The summed E-state index contributed by atoms with van der Waals surface area (Å²) in [4.78, 5) is 36.3. The van der Waals surface area contributed by atoms with Gasteiger partial charge in [-0.3, -0.25) is 14.4 Å². The van der Waals surface area contributed by atoms with Gasteiger partial charge in [-0.05, 0) is 42.3 Å². The number of rotatable bonds is 7. The fourth-order valence-corrected chi connectivity index (χ4v) is 4.27. The van der Waals surface area contributed by atoms with Crippen molar-refractivity contribution >= 4 is 19.6 Å². The highest BCUT2D eigenvalue weighted by Crippen LogP contribution is 2.44. The molecule has 1 amide bonds. The van der Waals surface area contributed by atoms with Crippen molar-refractivity contribution in [3.8, 4) is 22.6 Å². The number of ether oxygens (including phenoxy) is 1. The molecule has 3 aromatic rings. The number of tetrazole rings is 1. The molecule has 2 N–H and O–H groups in total. The third-order valence-corrected chi connectivity index (χ3v) is 6.12. The minimum atomic E-state index is -5.56. The second-order valence-corrected chi connectivity index (χ2v) is 9.54. The number of carbonyl (C=O) groups excluding carboxylic acids is 1. The van der Waals surface area contributed by atoms with Gasteiger partial charge in [0.2, 0.25) is 11.9 Å². The van der Waals surface area contributed by atoms with Crippen molar-refractivity contribution in [2.75, 3.05) is 11.4 Å². The average Bonchev–Trinajstić information content (AvgIpc) is 3.42.